The van der Waals surface area contributed by atoms with E-state index in [1.165, 1.54) is 38.9 Å². The Balaban J connectivity index is 1.95. The summed E-state index contributed by atoms with van der Waals surface area (Å²) < 4.78 is 0. The highest BCUT2D eigenvalue weighted by atomic mass is 15.1. The van der Waals surface area contributed by atoms with E-state index in [9.17, 15) is 0 Å². The Kier molecular flexibility index (Phi) is 6.15. The van der Waals surface area contributed by atoms with Gasteiger partial charge in [0.1, 0.15) is 0 Å². The Bertz CT molecular complexity index is 138. The summed E-state index contributed by atoms with van der Waals surface area (Å²) >= 11 is 0. The van der Waals surface area contributed by atoms with Gasteiger partial charge in [-0.15, -0.1) is 0 Å². The van der Waals surface area contributed by atoms with Crippen LogP contribution in [0.4, 0.5) is 0 Å². The molecule has 1 aliphatic rings. The summed E-state index contributed by atoms with van der Waals surface area (Å²) in [5.74, 6) is 0.878. The third-order valence-corrected chi connectivity index (χ3v) is 2.94. The van der Waals surface area contributed by atoms with Crippen LogP contribution in [0.1, 0.15) is 19.3 Å². The lowest BCUT2D eigenvalue weighted by Gasteiger charge is -2.29. The van der Waals surface area contributed by atoms with Crippen LogP contribution in [-0.2, 0) is 0 Å². The van der Waals surface area contributed by atoms with E-state index >= 15 is 0 Å². The van der Waals surface area contributed by atoms with Crippen molar-refractivity contribution < 1.29 is 0 Å². The van der Waals surface area contributed by atoms with Gasteiger partial charge in [0.2, 0.25) is 0 Å². The highest BCUT2D eigenvalue weighted by Gasteiger charge is 2.15. The second kappa shape index (κ2) is 7.21. The largest absolute Gasteiger partial charge is 0.320 e. The lowest BCUT2D eigenvalue weighted by molar-refractivity contribution is 0.206. The van der Waals surface area contributed by atoms with Crippen LogP contribution in [0.25, 0.3) is 0 Å². The van der Waals surface area contributed by atoms with E-state index in [0.29, 0.717) is 0 Å². The van der Waals surface area contributed by atoms with E-state index in [1.807, 2.05) is 7.05 Å². The summed E-state index contributed by atoms with van der Waals surface area (Å²) in [7, 11) is 4.24. The van der Waals surface area contributed by atoms with Crippen molar-refractivity contribution in [3.05, 3.63) is 0 Å². The van der Waals surface area contributed by atoms with Gasteiger partial charge in [0.25, 0.3) is 0 Å². The Morgan fingerprint density at radius 3 is 2.93 bits per heavy atom. The second-order valence-electron chi connectivity index (χ2n) is 4.43. The molecule has 0 spiro atoms. The molecule has 3 nitrogen and oxygen atoms in total. The van der Waals surface area contributed by atoms with Gasteiger partial charge in [-0.25, -0.2) is 0 Å². The number of likely N-dealkylation sites (tertiary alicyclic amines) is 1. The molecule has 1 atom stereocenters. The molecule has 1 unspecified atom stereocenters. The van der Waals surface area contributed by atoms with Crippen LogP contribution in [0.15, 0.2) is 0 Å². The smallest absolute Gasteiger partial charge is 0.00187 e. The maximum atomic E-state index is 3.54. The zero-order valence-electron chi connectivity index (χ0n) is 9.68. The van der Waals surface area contributed by atoms with Gasteiger partial charge in [0.05, 0.1) is 0 Å². The van der Waals surface area contributed by atoms with Gasteiger partial charge in [-0.2, -0.15) is 0 Å². The standard InChI is InChI=1S/C11H25N3/c1-12-6-4-7-13-9-11-5-3-8-14(2)10-11/h11-13H,3-10H2,1-2H3. The first kappa shape index (κ1) is 12.0. The molecule has 1 fully saturated rings. The highest BCUT2D eigenvalue weighted by Crippen LogP contribution is 2.13. The molecule has 0 radical (unpaired) electrons. The Morgan fingerprint density at radius 1 is 1.36 bits per heavy atom. The van der Waals surface area contributed by atoms with Crippen LogP contribution < -0.4 is 10.6 Å². The molecule has 0 aromatic rings. The minimum Gasteiger partial charge on any atom is -0.320 e. The van der Waals surface area contributed by atoms with Gasteiger partial charge in [-0.05, 0) is 65.5 Å². The summed E-state index contributed by atoms with van der Waals surface area (Å²) in [4.78, 5) is 2.45. The van der Waals surface area contributed by atoms with Gasteiger partial charge in [0.15, 0.2) is 0 Å². The Labute approximate surface area is 88.2 Å². The predicted octanol–water partition coefficient (Wildman–Crippen LogP) is 0.527. The lowest BCUT2D eigenvalue weighted by atomic mass is 9.98. The Morgan fingerprint density at radius 2 is 2.21 bits per heavy atom. The fraction of sp³-hybridized carbons (Fsp3) is 1.00. The molecule has 1 heterocycles. The van der Waals surface area contributed by atoms with Crippen LogP contribution >= 0.6 is 0 Å². The van der Waals surface area contributed by atoms with Crippen molar-refractivity contribution in [1.29, 1.82) is 0 Å². The lowest BCUT2D eigenvalue weighted by Crippen LogP contribution is -2.37. The summed E-state index contributed by atoms with van der Waals surface area (Å²) in [6.07, 6.45) is 4.02. The van der Waals surface area contributed by atoms with Crippen molar-refractivity contribution in [1.82, 2.24) is 15.5 Å². The first-order valence-corrected chi connectivity index (χ1v) is 5.87. The van der Waals surface area contributed by atoms with Crippen LogP contribution in [0.2, 0.25) is 0 Å². The molecule has 0 saturated carbocycles. The molecule has 1 aliphatic heterocycles. The van der Waals surface area contributed by atoms with Crippen LogP contribution in [0.3, 0.4) is 0 Å². The molecular formula is C11H25N3. The minimum atomic E-state index is 0.878. The summed E-state index contributed by atoms with van der Waals surface area (Å²) in [6.45, 7) is 6.04. The summed E-state index contributed by atoms with van der Waals surface area (Å²) in [5.41, 5.74) is 0. The number of piperidine rings is 1. The maximum Gasteiger partial charge on any atom is 0.00187 e. The van der Waals surface area contributed by atoms with Gasteiger partial charge < -0.3 is 15.5 Å². The number of nitrogens with zero attached hydrogens (tertiary/aromatic N) is 1. The first-order valence-electron chi connectivity index (χ1n) is 5.87. The van der Waals surface area contributed by atoms with Crippen molar-refractivity contribution in [2.75, 3.05) is 46.8 Å². The summed E-state index contributed by atoms with van der Waals surface area (Å²) in [5, 5.41) is 6.71. The van der Waals surface area contributed by atoms with E-state index in [2.05, 4.69) is 22.6 Å². The molecule has 84 valence electrons. The van der Waals surface area contributed by atoms with E-state index < -0.39 is 0 Å². The SMILES string of the molecule is CNCCCNCC1CCCN(C)C1. The first-order chi connectivity index (χ1) is 6.83. The van der Waals surface area contributed by atoms with Crippen LogP contribution in [0, 0.1) is 5.92 Å². The maximum absolute atomic E-state index is 3.54. The van der Waals surface area contributed by atoms with Crippen molar-refractivity contribution in [3.63, 3.8) is 0 Å². The molecule has 0 bridgehead atoms. The van der Waals surface area contributed by atoms with Gasteiger partial charge in [0, 0.05) is 6.54 Å². The fourth-order valence-corrected chi connectivity index (χ4v) is 2.14. The van der Waals surface area contributed by atoms with E-state index in [1.54, 1.807) is 0 Å². The van der Waals surface area contributed by atoms with Crippen LogP contribution in [-0.4, -0.2) is 51.7 Å². The third-order valence-electron chi connectivity index (χ3n) is 2.94. The highest BCUT2D eigenvalue weighted by molar-refractivity contribution is 4.72. The van der Waals surface area contributed by atoms with Gasteiger partial charge >= 0.3 is 0 Å². The van der Waals surface area contributed by atoms with Crippen molar-refractivity contribution in [2.24, 2.45) is 5.92 Å². The quantitative estimate of drug-likeness (QED) is 0.611. The average molecular weight is 199 g/mol. The Hall–Kier alpha value is -0.120. The molecule has 0 amide bonds. The molecule has 0 aromatic heterocycles. The summed E-state index contributed by atoms with van der Waals surface area (Å²) in [6, 6.07) is 0. The molecule has 1 rings (SSSR count). The fourth-order valence-electron chi connectivity index (χ4n) is 2.14. The van der Waals surface area contributed by atoms with Crippen molar-refractivity contribution in [3.8, 4) is 0 Å². The van der Waals surface area contributed by atoms with Gasteiger partial charge in [-0.1, -0.05) is 0 Å². The van der Waals surface area contributed by atoms with Crippen molar-refractivity contribution >= 4 is 0 Å². The number of hydrogen-bond donors (Lipinski definition) is 2. The molecule has 2 N–H and O–H groups in total. The predicted molar refractivity (Wildman–Crippen MR) is 61.6 cm³/mol. The second-order valence-corrected chi connectivity index (χ2v) is 4.43. The van der Waals surface area contributed by atoms with Gasteiger partial charge in [-0.3, -0.25) is 0 Å². The number of rotatable bonds is 6. The molecular weight excluding hydrogens is 174 g/mol. The average Bonchev–Trinajstić information content (AvgIpc) is 2.18. The topological polar surface area (TPSA) is 27.3 Å². The molecule has 14 heavy (non-hydrogen) atoms. The molecule has 0 aromatic carbocycles. The van der Waals surface area contributed by atoms with Crippen LogP contribution in [0.5, 0.6) is 0 Å². The number of hydrogen-bond acceptors (Lipinski definition) is 3. The minimum absolute atomic E-state index is 0.878. The molecule has 1 saturated heterocycles. The number of nitrogens with one attached hydrogen (secondary N) is 2. The van der Waals surface area contributed by atoms with E-state index in [-0.39, 0.29) is 0 Å². The zero-order chi connectivity index (χ0) is 10.2. The van der Waals surface area contributed by atoms with Crippen molar-refractivity contribution in [2.45, 2.75) is 19.3 Å². The molecule has 3 heteroatoms. The van der Waals surface area contributed by atoms with E-state index in [0.717, 1.165) is 19.0 Å². The monoisotopic (exact) mass is 199 g/mol. The third kappa shape index (κ3) is 4.94. The molecule has 0 aliphatic carbocycles. The van der Waals surface area contributed by atoms with E-state index in [4.69, 9.17) is 0 Å². The zero-order valence-corrected chi connectivity index (χ0v) is 9.68. The normalized spacial score (nSPS) is 24.0.